The maximum atomic E-state index is 12.6. The van der Waals surface area contributed by atoms with Crippen molar-refractivity contribution in [2.24, 2.45) is 0 Å². The Hall–Kier alpha value is -3.80. The van der Waals surface area contributed by atoms with Gasteiger partial charge in [-0.3, -0.25) is 9.78 Å². The minimum Gasteiger partial charge on any atom is -0.365 e. The van der Waals surface area contributed by atoms with E-state index < -0.39 is 0 Å². The Labute approximate surface area is 169 Å². The molecule has 1 amide bonds. The average Bonchev–Trinajstić information content (AvgIpc) is 2.77. The second-order valence-electron chi connectivity index (χ2n) is 6.86. The van der Waals surface area contributed by atoms with Crippen molar-refractivity contribution in [3.8, 4) is 0 Å². The summed E-state index contributed by atoms with van der Waals surface area (Å²) < 4.78 is 0. The number of hydrogen-bond acceptors (Lipinski definition) is 5. The van der Waals surface area contributed by atoms with E-state index in [1.807, 2.05) is 36.4 Å². The van der Waals surface area contributed by atoms with Gasteiger partial charge in [0.1, 0.15) is 12.1 Å². The van der Waals surface area contributed by atoms with Crippen LogP contribution in [0.2, 0.25) is 0 Å². The van der Waals surface area contributed by atoms with Crippen LogP contribution < -0.4 is 10.2 Å². The number of aryl methyl sites for hydroxylation is 1. The molecule has 0 aliphatic rings. The molecule has 0 saturated carbocycles. The summed E-state index contributed by atoms with van der Waals surface area (Å²) in [5.41, 5.74) is 4.62. The predicted octanol–water partition coefficient (Wildman–Crippen LogP) is 4.22. The topological polar surface area (TPSA) is 71.0 Å². The van der Waals surface area contributed by atoms with Crippen molar-refractivity contribution in [1.29, 1.82) is 0 Å². The van der Waals surface area contributed by atoms with Crippen LogP contribution in [0.4, 0.5) is 11.5 Å². The SMILES string of the molecule is Cc1ccc2ncnc(NCc3ccc(N(C)C(=O)c4ccncc4)cc3)c2c1. The maximum Gasteiger partial charge on any atom is 0.258 e. The van der Waals surface area contributed by atoms with Gasteiger partial charge in [0.05, 0.1) is 5.52 Å². The summed E-state index contributed by atoms with van der Waals surface area (Å²) in [6.07, 6.45) is 4.81. The Balaban J connectivity index is 1.46. The molecule has 0 fully saturated rings. The van der Waals surface area contributed by atoms with Gasteiger partial charge in [0, 0.05) is 42.6 Å². The molecule has 2 heterocycles. The zero-order valence-electron chi connectivity index (χ0n) is 16.3. The lowest BCUT2D eigenvalue weighted by Gasteiger charge is -2.18. The second kappa shape index (κ2) is 8.06. The Morgan fingerprint density at radius 3 is 2.52 bits per heavy atom. The number of nitrogens with one attached hydrogen (secondary N) is 1. The number of aromatic nitrogens is 3. The first-order chi connectivity index (χ1) is 14.1. The van der Waals surface area contributed by atoms with Crippen molar-refractivity contribution in [2.45, 2.75) is 13.5 Å². The molecule has 0 atom stereocenters. The van der Waals surface area contributed by atoms with E-state index in [9.17, 15) is 4.79 Å². The first kappa shape index (κ1) is 18.6. The summed E-state index contributed by atoms with van der Waals surface area (Å²) in [7, 11) is 1.77. The lowest BCUT2D eigenvalue weighted by atomic mass is 10.1. The average molecular weight is 383 g/mol. The van der Waals surface area contributed by atoms with Crippen LogP contribution in [0.15, 0.2) is 73.3 Å². The second-order valence-corrected chi connectivity index (χ2v) is 6.86. The molecule has 1 N–H and O–H groups in total. The first-order valence-corrected chi connectivity index (χ1v) is 9.34. The van der Waals surface area contributed by atoms with Crippen LogP contribution in [0.5, 0.6) is 0 Å². The van der Waals surface area contributed by atoms with Crippen molar-refractivity contribution < 1.29 is 4.79 Å². The number of nitrogens with zero attached hydrogens (tertiary/aromatic N) is 4. The van der Waals surface area contributed by atoms with Crippen molar-refractivity contribution in [1.82, 2.24) is 15.0 Å². The van der Waals surface area contributed by atoms with Crippen LogP contribution in [0.25, 0.3) is 10.9 Å². The number of amides is 1. The largest absolute Gasteiger partial charge is 0.365 e. The van der Waals surface area contributed by atoms with Gasteiger partial charge in [-0.1, -0.05) is 23.8 Å². The Morgan fingerprint density at radius 1 is 1.00 bits per heavy atom. The molecule has 144 valence electrons. The van der Waals surface area contributed by atoms with Gasteiger partial charge in [-0.25, -0.2) is 9.97 Å². The van der Waals surface area contributed by atoms with Gasteiger partial charge >= 0.3 is 0 Å². The third kappa shape index (κ3) is 4.06. The number of rotatable bonds is 5. The molecule has 29 heavy (non-hydrogen) atoms. The van der Waals surface area contributed by atoms with Crippen molar-refractivity contribution in [2.75, 3.05) is 17.3 Å². The Morgan fingerprint density at radius 2 is 1.76 bits per heavy atom. The predicted molar refractivity (Wildman–Crippen MR) is 115 cm³/mol. The van der Waals surface area contributed by atoms with E-state index in [1.54, 1.807) is 42.8 Å². The van der Waals surface area contributed by atoms with Crippen molar-refractivity contribution in [3.63, 3.8) is 0 Å². The molecule has 0 aliphatic heterocycles. The Bertz CT molecular complexity index is 1140. The van der Waals surface area contributed by atoms with Gasteiger partial charge in [0.15, 0.2) is 0 Å². The van der Waals surface area contributed by atoms with E-state index in [0.717, 1.165) is 28.0 Å². The first-order valence-electron chi connectivity index (χ1n) is 9.34. The van der Waals surface area contributed by atoms with Crippen LogP contribution in [0.3, 0.4) is 0 Å². The number of benzene rings is 2. The zero-order valence-corrected chi connectivity index (χ0v) is 16.3. The molecule has 6 heteroatoms. The molecule has 4 aromatic rings. The van der Waals surface area contributed by atoms with Gasteiger partial charge in [-0.2, -0.15) is 0 Å². The molecular weight excluding hydrogens is 362 g/mol. The van der Waals surface area contributed by atoms with Crippen LogP contribution in [0.1, 0.15) is 21.5 Å². The van der Waals surface area contributed by atoms with E-state index in [4.69, 9.17) is 0 Å². The molecule has 2 aromatic carbocycles. The fraction of sp³-hybridized carbons (Fsp3) is 0.130. The highest BCUT2D eigenvalue weighted by Gasteiger charge is 2.13. The molecule has 4 rings (SSSR count). The number of fused-ring (bicyclic) bond motifs is 1. The smallest absolute Gasteiger partial charge is 0.258 e. The summed E-state index contributed by atoms with van der Waals surface area (Å²) >= 11 is 0. The van der Waals surface area contributed by atoms with E-state index in [0.29, 0.717) is 12.1 Å². The highest BCUT2D eigenvalue weighted by molar-refractivity contribution is 6.05. The van der Waals surface area contributed by atoms with E-state index >= 15 is 0 Å². The standard InChI is InChI=1S/C23H21N5O/c1-16-3-8-21-20(13-16)22(27-15-26-21)25-14-17-4-6-19(7-5-17)28(2)23(29)18-9-11-24-12-10-18/h3-13,15H,14H2,1-2H3,(H,25,26,27). The molecule has 0 saturated heterocycles. The zero-order chi connectivity index (χ0) is 20.2. The lowest BCUT2D eigenvalue weighted by molar-refractivity contribution is 0.0993. The summed E-state index contributed by atoms with van der Waals surface area (Å²) in [4.78, 5) is 26.9. The van der Waals surface area contributed by atoms with E-state index in [1.165, 1.54) is 5.56 Å². The third-order valence-electron chi connectivity index (χ3n) is 4.81. The van der Waals surface area contributed by atoms with Crippen LogP contribution in [-0.2, 0) is 6.54 Å². The van der Waals surface area contributed by atoms with Crippen LogP contribution in [0, 0.1) is 6.92 Å². The van der Waals surface area contributed by atoms with Gasteiger partial charge < -0.3 is 10.2 Å². The highest BCUT2D eigenvalue weighted by Crippen LogP contribution is 2.22. The number of carbonyl (C=O) groups excluding carboxylic acids is 1. The van der Waals surface area contributed by atoms with Gasteiger partial charge in [-0.05, 0) is 48.9 Å². The lowest BCUT2D eigenvalue weighted by Crippen LogP contribution is -2.26. The number of carbonyl (C=O) groups is 1. The molecule has 0 unspecified atom stereocenters. The van der Waals surface area contributed by atoms with Crippen LogP contribution >= 0.6 is 0 Å². The molecule has 0 radical (unpaired) electrons. The van der Waals surface area contributed by atoms with Crippen molar-refractivity contribution in [3.05, 3.63) is 90.0 Å². The minimum absolute atomic E-state index is 0.0684. The number of anilines is 2. The normalized spacial score (nSPS) is 10.7. The van der Waals surface area contributed by atoms with E-state index in [-0.39, 0.29) is 5.91 Å². The third-order valence-corrected chi connectivity index (χ3v) is 4.81. The minimum atomic E-state index is -0.0684. The summed E-state index contributed by atoms with van der Waals surface area (Å²) in [6.45, 7) is 2.68. The van der Waals surface area contributed by atoms with Gasteiger partial charge in [0.25, 0.3) is 5.91 Å². The summed E-state index contributed by atoms with van der Waals surface area (Å²) in [5, 5.41) is 4.40. The summed E-state index contributed by atoms with van der Waals surface area (Å²) in [5.74, 6) is 0.744. The van der Waals surface area contributed by atoms with E-state index in [2.05, 4.69) is 33.3 Å². The molecule has 2 aromatic heterocycles. The molecule has 0 aliphatic carbocycles. The van der Waals surface area contributed by atoms with Crippen LogP contribution in [-0.4, -0.2) is 27.9 Å². The number of hydrogen-bond donors (Lipinski definition) is 1. The Kier molecular flexibility index (Phi) is 5.16. The van der Waals surface area contributed by atoms with Gasteiger partial charge in [-0.15, -0.1) is 0 Å². The quantitative estimate of drug-likeness (QED) is 0.559. The van der Waals surface area contributed by atoms with Gasteiger partial charge in [0.2, 0.25) is 0 Å². The fourth-order valence-corrected chi connectivity index (χ4v) is 3.14. The molecule has 0 bridgehead atoms. The summed E-state index contributed by atoms with van der Waals surface area (Å²) in [6, 6.07) is 17.5. The molecule has 6 nitrogen and oxygen atoms in total. The fourth-order valence-electron chi connectivity index (χ4n) is 3.14. The molecular formula is C23H21N5O. The number of pyridine rings is 1. The maximum absolute atomic E-state index is 12.6. The van der Waals surface area contributed by atoms with Crippen molar-refractivity contribution >= 4 is 28.3 Å². The highest BCUT2D eigenvalue weighted by atomic mass is 16.2. The monoisotopic (exact) mass is 383 g/mol. The molecule has 0 spiro atoms.